The SMILES string of the molecule is CS(=O)(=O)NC(=O)C1(C2(n3[nH]cc(Cl)c3=O)C=CC(c3ccccc3)=CC2)CC1. The van der Waals surface area contributed by atoms with E-state index in [1.807, 2.05) is 48.6 Å². The first-order valence-corrected chi connectivity index (χ1v) is 11.4. The first-order chi connectivity index (χ1) is 13.7. The van der Waals surface area contributed by atoms with Crippen LogP contribution in [-0.2, 0) is 20.4 Å². The van der Waals surface area contributed by atoms with E-state index in [-0.39, 0.29) is 5.02 Å². The molecule has 1 unspecified atom stereocenters. The Kier molecular flexibility index (Phi) is 4.59. The number of aromatic nitrogens is 2. The average Bonchev–Trinajstić information content (AvgIpc) is 3.44. The summed E-state index contributed by atoms with van der Waals surface area (Å²) in [6, 6.07) is 9.75. The topological polar surface area (TPSA) is 101 Å². The van der Waals surface area contributed by atoms with Crippen LogP contribution in [0.1, 0.15) is 24.8 Å². The molecular formula is C20H20ClN3O4S. The standard InChI is InChI=1S/C20H20ClN3O4S/c1-29(27,28)23-18(26)19(11-12-19)20(24-17(25)16(21)13-22-24)9-7-15(8-10-20)14-5-3-2-4-6-14/h2-9,13,22H,10-12H2,1H3,(H,23,26). The lowest BCUT2D eigenvalue weighted by Crippen LogP contribution is -2.53. The second kappa shape index (κ2) is 6.74. The van der Waals surface area contributed by atoms with Gasteiger partial charge in [0.15, 0.2) is 0 Å². The average molecular weight is 434 g/mol. The van der Waals surface area contributed by atoms with E-state index >= 15 is 0 Å². The van der Waals surface area contributed by atoms with Gasteiger partial charge in [-0.25, -0.2) is 13.1 Å². The second-order valence-electron chi connectivity index (χ2n) is 7.53. The maximum Gasteiger partial charge on any atom is 0.286 e. The Bertz CT molecular complexity index is 1190. The summed E-state index contributed by atoms with van der Waals surface area (Å²) in [4.78, 5) is 25.7. The summed E-state index contributed by atoms with van der Waals surface area (Å²) < 4.78 is 26.8. The molecule has 2 aromatic rings. The highest BCUT2D eigenvalue weighted by Crippen LogP contribution is 2.60. The number of sulfonamides is 1. The van der Waals surface area contributed by atoms with Crippen molar-refractivity contribution in [2.24, 2.45) is 5.41 Å². The predicted molar refractivity (Wildman–Crippen MR) is 111 cm³/mol. The zero-order chi connectivity index (χ0) is 20.9. The van der Waals surface area contributed by atoms with E-state index in [9.17, 15) is 18.0 Å². The minimum Gasteiger partial charge on any atom is -0.300 e. The molecule has 152 valence electrons. The Morgan fingerprint density at radius 3 is 2.41 bits per heavy atom. The van der Waals surface area contributed by atoms with Gasteiger partial charge in [0.2, 0.25) is 15.9 Å². The van der Waals surface area contributed by atoms with Crippen molar-refractivity contribution in [3.8, 4) is 0 Å². The van der Waals surface area contributed by atoms with Crippen molar-refractivity contribution in [3.63, 3.8) is 0 Å². The minimum absolute atomic E-state index is 0.00920. The molecule has 1 saturated carbocycles. The molecule has 1 atom stereocenters. The van der Waals surface area contributed by atoms with E-state index in [0.29, 0.717) is 19.3 Å². The predicted octanol–water partition coefficient (Wildman–Crippen LogP) is 2.42. The van der Waals surface area contributed by atoms with Crippen LogP contribution in [-0.4, -0.2) is 30.4 Å². The van der Waals surface area contributed by atoms with Crippen LogP contribution in [0, 0.1) is 5.41 Å². The number of carbonyl (C=O) groups is 1. The number of carbonyl (C=O) groups excluding carboxylic acids is 1. The number of H-pyrrole nitrogens is 1. The molecular weight excluding hydrogens is 414 g/mol. The van der Waals surface area contributed by atoms with Crippen molar-refractivity contribution in [2.75, 3.05) is 6.26 Å². The quantitative estimate of drug-likeness (QED) is 0.756. The van der Waals surface area contributed by atoms with Crippen LogP contribution in [0.4, 0.5) is 0 Å². The van der Waals surface area contributed by atoms with Gasteiger partial charge in [-0.05, 0) is 30.4 Å². The van der Waals surface area contributed by atoms with E-state index < -0.39 is 32.4 Å². The Morgan fingerprint density at radius 1 is 1.24 bits per heavy atom. The van der Waals surface area contributed by atoms with E-state index in [4.69, 9.17) is 11.6 Å². The molecule has 1 aromatic heterocycles. The number of allylic oxidation sites excluding steroid dienone is 4. The molecule has 0 spiro atoms. The fraction of sp³-hybridized carbons (Fsp3) is 0.300. The molecule has 2 aliphatic rings. The number of nitrogens with one attached hydrogen (secondary N) is 2. The van der Waals surface area contributed by atoms with Crippen LogP contribution in [0.3, 0.4) is 0 Å². The van der Waals surface area contributed by atoms with Gasteiger partial charge < -0.3 is 5.10 Å². The summed E-state index contributed by atoms with van der Waals surface area (Å²) in [5.41, 5.74) is -0.620. The molecule has 1 amide bonds. The number of amides is 1. The lowest BCUT2D eigenvalue weighted by Gasteiger charge is -2.39. The number of hydrogen-bond acceptors (Lipinski definition) is 4. The lowest BCUT2D eigenvalue weighted by molar-refractivity contribution is -0.128. The van der Waals surface area contributed by atoms with Crippen LogP contribution in [0.25, 0.3) is 5.57 Å². The van der Waals surface area contributed by atoms with Gasteiger partial charge in [-0.15, -0.1) is 0 Å². The molecule has 7 nitrogen and oxygen atoms in total. The van der Waals surface area contributed by atoms with Gasteiger partial charge in [-0.2, -0.15) is 0 Å². The summed E-state index contributed by atoms with van der Waals surface area (Å²) in [6.45, 7) is 0. The zero-order valence-corrected chi connectivity index (χ0v) is 17.3. The van der Waals surface area contributed by atoms with Gasteiger partial charge in [-0.3, -0.25) is 14.3 Å². The highest BCUT2D eigenvalue weighted by molar-refractivity contribution is 7.89. The number of halogens is 1. The van der Waals surface area contributed by atoms with Crippen LogP contribution in [0.5, 0.6) is 0 Å². The van der Waals surface area contributed by atoms with Crippen LogP contribution >= 0.6 is 11.6 Å². The molecule has 0 saturated heterocycles. The van der Waals surface area contributed by atoms with Crippen LogP contribution in [0.15, 0.2) is 59.6 Å². The summed E-state index contributed by atoms with van der Waals surface area (Å²) in [5.74, 6) is -0.612. The zero-order valence-electron chi connectivity index (χ0n) is 15.7. The third-order valence-corrected chi connectivity index (χ3v) is 6.52. The fourth-order valence-corrected chi connectivity index (χ4v) is 4.77. The molecule has 2 aliphatic carbocycles. The molecule has 9 heteroatoms. The van der Waals surface area contributed by atoms with E-state index in [0.717, 1.165) is 17.4 Å². The molecule has 2 N–H and O–H groups in total. The first kappa shape index (κ1) is 19.7. The number of aromatic amines is 1. The Morgan fingerprint density at radius 2 is 1.93 bits per heavy atom. The molecule has 1 aromatic carbocycles. The van der Waals surface area contributed by atoms with Crippen molar-refractivity contribution < 1.29 is 13.2 Å². The largest absolute Gasteiger partial charge is 0.300 e. The van der Waals surface area contributed by atoms with E-state index in [2.05, 4.69) is 9.82 Å². The molecule has 0 aliphatic heterocycles. The summed E-state index contributed by atoms with van der Waals surface area (Å²) in [7, 11) is -3.74. The first-order valence-electron chi connectivity index (χ1n) is 9.12. The summed E-state index contributed by atoms with van der Waals surface area (Å²) >= 11 is 5.99. The van der Waals surface area contributed by atoms with Crippen LogP contribution < -0.4 is 10.3 Å². The molecule has 1 fully saturated rings. The van der Waals surface area contributed by atoms with Gasteiger partial charge in [0.25, 0.3) is 5.56 Å². The van der Waals surface area contributed by atoms with Crippen molar-refractivity contribution in [1.82, 2.24) is 14.5 Å². The molecule has 1 heterocycles. The number of nitrogens with zero attached hydrogens (tertiary/aromatic N) is 1. The minimum atomic E-state index is -3.74. The highest BCUT2D eigenvalue weighted by atomic mass is 35.5. The Hall–Kier alpha value is -2.58. The Balaban J connectivity index is 1.81. The van der Waals surface area contributed by atoms with Gasteiger partial charge in [0.05, 0.1) is 11.7 Å². The monoisotopic (exact) mass is 433 g/mol. The smallest absolute Gasteiger partial charge is 0.286 e. The number of hydrogen-bond donors (Lipinski definition) is 2. The van der Waals surface area contributed by atoms with Gasteiger partial charge in [0.1, 0.15) is 10.6 Å². The second-order valence-corrected chi connectivity index (χ2v) is 9.69. The van der Waals surface area contributed by atoms with Crippen molar-refractivity contribution in [1.29, 1.82) is 0 Å². The van der Waals surface area contributed by atoms with Crippen molar-refractivity contribution >= 4 is 33.1 Å². The van der Waals surface area contributed by atoms with E-state index in [1.165, 1.54) is 10.9 Å². The molecule has 29 heavy (non-hydrogen) atoms. The van der Waals surface area contributed by atoms with E-state index in [1.54, 1.807) is 0 Å². The highest BCUT2D eigenvalue weighted by Gasteiger charge is 2.65. The maximum atomic E-state index is 13.0. The van der Waals surface area contributed by atoms with Crippen molar-refractivity contribution in [3.05, 3.63) is 75.7 Å². The summed E-state index contributed by atoms with van der Waals surface area (Å²) in [6.07, 6.45) is 9.21. The van der Waals surface area contributed by atoms with Gasteiger partial charge >= 0.3 is 0 Å². The maximum absolute atomic E-state index is 13.0. The third-order valence-electron chi connectivity index (χ3n) is 5.70. The molecule has 4 rings (SSSR count). The fourth-order valence-electron chi connectivity index (χ4n) is 4.10. The third kappa shape index (κ3) is 3.26. The van der Waals surface area contributed by atoms with Gasteiger partial charge in [0, 0.05) is 6.20 Å². The molecule has 0 radical (unpaired) electrons. The summed E-state index contributed by atoms with van der Waals surface area (Å²) in [5, 5.41) is 2.87. The number of benzene rings is 1. The van der Waals surface area contributed by atoms with Crippen LogP contribution in [0.2, 0.25) is 5.02 Å². The number of rotatable bonds is 5. The Labute approximate surface area is 173 Å². The molecule has 0 bridgehead atoms. The van der Waals surface area contributed by atoms with Gasteiger partial charge in [-0.1, -0.05) is 60.2 Å². The van der Waals surface area contributed by atoms with Crippen molar-refractivity contribution in [2.45, 2.75) is 24.8 Å². The lowest BCUT2D eigenvalue weighted by atomic mass is 9.74. The normalized spacial score (nSPS) is 22.8.